The van der Waals surface area contributed by atoms with Gasteiger partial charge in [-0.05, 0) is 25.7 Å². The van der Waals surface area contributed by atoms with Gasteiger partial charge in [-0.15, -0.1) is 0 Å². The van der Waals surface area contributed by atoms with Gasteiger partial charge < -0.3 is 19.8 Å². The zero-order valence-electron chi connectivity index (χ0n) is 10.3. The molecule has 0 radical (unpaired) electrons. The van der Waals surface area contributed by atoms with Crippen LogP contribution in [0.3, 0.4) is 0 Å². The Labute approximate surface area is 182 Å². The normalized spacial score (nSPS) is 8.75. The predicted molar refractivity (Wildman–Crippen MR) is 47.0 cm³/mol. The van der Waals surface area contributed by atoms with Crippen molar-refractivity contribution in [2.45, 2.75) is 51.4 Å². The average Bonchev–Trinajstić information content (AvgIpc) is 2.08. The van der Waals surface area contributed by atoms with Gasteiger partial charge >= 0.3 is 103 Å². The third-order valence-electron chi connectivity index (χ3n) is 2.01. The summed E-state index contributed by atoms with van der Waals surface area (Å²) in [7, 11) is 0. The van der Waals surface area contributed by atoms with Crippen LogP contribution in [0.4, 0.5) is 0 Å². The summed E-state index contributed by atoms with van der Waals surface area (Å²) in [6.45, 7) is 0. The fourth-order valence-electron chi connectivity index (χ4n) is 1.25. The molecule has 0 heterocycles. The molecule has 0 atom stereocenters. The minimum absolute atomic E-state index is 0. The van der Waals surface area contributed by atoms with Gasteiger partial charge in [-0.25, -0.2) is 0 Å². The number of carboxylic acid groups (broad SMARTS) is 2. The molecule has 0 fully saturated rings. The molecule has 4 nitrogen and oxygen atoms in total. The SMILES string of the molecule is O=C([O-])CCCCCCCCC(=O)[O-].[K+].[K+]. The molecule has 0 saturated carbocycles. The van der Waals surface area contributed by atoms with Crippen LogP contribution in [0.1, 0.15) is 51.4 Å². The largest absolute Gasteiger partial charge is 1.00 e. The fraction of sp³-hybridized carbons (Fsp3) is 0.800. The molecule has 6 heteroatoms. The van der Waals surface area contributed by atoms with Crippen molar-refractivity contribution in [3.8, 4) is 0 Å². The van der Waals surface area contributed by atoms with Crippen molar-refractivity contribution in [2.75, 3.05) is 0 Å². The van der Waals surface area contributed by atoms with Gasteiger partial charge in [0.1, 0.15) is 0 Å². The van der Waals surface area contributed by atoms with E-state index in [0.29, 0.717) is 12.8 Å². The van der Waals surface area contributed by atoms with Crippen LogP contribution in [0.2, 0.25) is 0 Å². The number of carboxylic acids is 2. The summed E-state index contributed by atoms with van der Waals surface area (Å²) < 4.78 is 0. The maximum atomic E-state index is 10.0. The Morgan fingerprint density at radius 3 is 1.12 bits per heavy atom. The summed E-state index contributed by atoms with van der Waals surface area (Å²) in [4.78, 5) is 20.1. The van der Waals surface area contributed by atoms with Crippen LogP contribution in [0.25, 0.3) is 0 Å². The molecule has 0 N–H and O–H groups in total. The molecule has 0 aromatic rings. The van der Waals surface area contributed by atoms with Crippen molar-refractivity contribution >= 4 is 11.9 Å². The van der Waals surface area contributed by atoms with Gasteiger partial charge in [0.25, 0.3) is 0 Å². The smallest absolute Gasteiger partial charge is 0.550 e. The van der Waals surface area contributed by atoms with E-state index in [1.165, 1.54) is 0 Å². The molecule has 0 rings (SSSR count). The number of hydrogen-bond acceptors (Lipinski definition) is 4. The number of carbonyl (C=O) groups excluding carboxylic acids is 2. The summed E-state index contributed by atoms with van der Waals surface area (Å²) in [5.41, 5.74) is 0. The van der Waals surface area contributed by atoms with E-state index >= 15 is 0 Å². The maximum Gasteiger partial charge on any atom is 1.00 e. The Morgan fingerprint density at radius 1 is 0.625 bits per heavy atom. The molecule has 0 aromatic carbocycles. The number of unbranched alkanes of at least 4 members (excludes halogenated alkanes) is 5. The molecule has 0 amide bonds. The third-order valence-corrected chi connectivity index (χ3v) is 2.01. The Hall–Kier alpha value is 2.21. The van der Waals surface area contributed by atoms with Gasteiger partial charge in [0, 0.05) is 11.9 Å². The second kappa shape index (κ2) is 17.2. The number of carbonyl (C=O) groups is 2. The van der Waals surface area contributed by atoms with Crippen molar-refractivity contribution < 1.29 is 123 Å². The van der Waals surface area contributed by atoms with Gasteiger partial charge in [-0.1, -0.05) is 25.7 Å². The van der Waals surface area contributed by atoms with E-state index in [1.54, 1.807) is 0 Å². The molecule has 0 aliphatic carbocycles. The van der Waals surface area contributed by atoms with E-state index in [4.69, 9.17) is 0 Å². The first-order chi connectivity index (χ1) is 6.63. The van der Waals surface area contributed by atoms with Crippen LogP contribution in [-0.2, 0) is 9.59 Å². The fourth-order valence-corrected chi connectivity index (χ4v) is 1.25. The summed E-state index contributed by atoms with van der Waals surface area (Å²) in [6.07, 6.45) is 5.23. The van der Waals surface area contributed by atoms with Gasteiger partial charge in [0.15, 0.2) is 0 Å². The Morgan fingerprint density at radius 2 is 0.875 bits per heavy atom. The van der Waals surface area contributed by atoms with Gasteiger partial charge in [-0.3, -0.25) is 0 Å². The number of rotatable bonds is 9. The predicted octanol–water partition coefficient (Wildman–Crippen LogP) is -6.38. The van der Waals surface area contributed by atoms with Crippen molar-refractivity contribution in [1.29, 1.82) is 0 Å². The molecule has 0 aliphatic heterocycles. The van der Waals surface area contributed by atoms with E-state index in [1.807, 2.05) is 0 Å². The average molecular weight is 278 g/mol. The third kappa shape index (κ3) is 21.5. The Kier molecular flexibility index (Phi) is 25.1. The molecule has 16 heavy (non-hydrogen) atoms. The van der Waals surface area contributed by atoms with Crippen LogP contribution in [0.15, 0.2) is 0 Å². The number of hydrogen-bond donors (Lipinski definition) is 0. The molecular formula is C10H16K2O4. The molecule has 0 saturated heterocycles. The maximum absolute atomic E-state index is 10.0. The summed E-state index contributed by atoms with van der Waals surface area (Å²) in [5.74, 6) is -2.00. The van der Waals surface area contributed by atoms with Crippen molar-refractivity contribution in [1.82, 2.24) is 0 Å². The minimum atomic E-state index is -0.998. The van der Waals surface area contributed by atoms with Crippen molar-refractivity contribution in [3.63, 3.8) is 0 Å². The van der Waals surface area contributed by atoms with E-state index in [0.717, 1.165) is 25.7 Å². The van der Waals surface area contributed by atoms with E-state index in [9.17, 15) is 19.8 Å². The summed E-state index contributed by atoms with van der Waals surface area (Å²) in [6, 6.07) is 0. The summed E-state index contributed by atoms with van der Waals surface area (Å²) in [5, 5.41) is 20.1. The molecular weight excluding hydrogens is 262 g/mol. The van der Waals surface area contributed by atoms with Crippen LogP contribution in [-0.4, -0.2) is 11.9 Å². The Bertz CT molecular complexity index is 166. The zero-order chi connectivity index (χ0) is 10.8. The van der Waals surface area contributed by atoms with Crippen molar-refractivity contribution in [3.05, 3.63) is 0 Å². The standard InChI is InChI=1S/C10H18O4.2K/c11-9(12)7-5-3-1-2-4-6-8-10(13)14;;/h1-8H2,(H,11,12)(H,13,14);;/q;2*+1/p-2. The minimum Gasteiger partial charge on any atom is -0.550 e. The van der Waals surface area contributed by atoms with Gasteiger partial charge in [0.2, 0.25) is 0 Å². The van der Waals surface area contributed by atoms with Gasteiger partial charge in [-0.2, -0.15) is 0 Å². The second-order valence-corrected chi connectivity index (χ2v) is 3.37. The van der Waals surface area contributed by atoms with Crippen LogP contribution < -0.4 is 113 Å². The first-order valence-corrected chi connectivity index (χ1v) is 5.02. The zero-order valence-corrected chi connectivity index (χ0v) is 16.5. The summed E-state index contributed by atoms with van der Waals surface area (Å²) >= 11 is 0. The molecule has 0 bridgehead atoms. The monoisotopic (exact) mass is 278 g/mol. The molecule has 0 aromatic heterocycles. The van der Waals surface area contributed by atoms with Gasteiger partial charge in [0.05, 0.1) is 0 Å². The molecule has 0 spiro atoms. The molecule has 0 unspecified atom stereocenters. The molecule has 0 aliphatic rings. The van der Waals surface area contributed by atoms with Crippen LogP contribution >= 0.6 is 0 Å². The van der Waals surface area contributed by atoms with E-state index in [-0.39, 0.29) is 116 Å². The van der Waals surface area contributed by atoms with Crippen LogP contribution in [0.5, 0.6) is 0 Å². The van der Waals surface area contributed by atoms with Crippen LogP contribution in [0, 0.1) is 0 Å². The second-order valence-electron chi connectivity index (χ2n) is 3.37. The molecule has 82 valence electrons. The van der Waals surface area contributed by atoms with E-state index in [2.05, 4.69) is 0 Å². The first-order valence-electron chi connectivity index (χ1n) is 5.02. The Balaban J connectivity index is -0.000000845. The topological polar surface area (TPSA) is 80.3 Å². The number of aliphatic carboxylic acids is 2. The quantitative estimate of drug-likeness (QED) is 0.310. The van der Waals surface area contributed by atoms with Crippen molar-refractivity contribution in [2.24, 2.45) is 0 Å². The first kappa shape index (κ1) is 23.3. The van der Waals surface area contributed by atoms with E-state index < -0.39 is 11.9 Å².